The lowest BCUT2D eigenvalue weighted by Crippen LogP contribution is -2.32. The fraction of sp³-hybridized carbons (Fsp3) is 0.0667. The van der Waals surface area contributed by atoms with Crippen molar-refractivity contribution in [2.75, 3.05) is 11.9 Å². The van der Waals surface area contributed by atoms with Gasteiger partial charge in [-0.3, -0.25) is 9.59 Å². The zero-order valence-electron chi connectivity index (χ0n) is 12.3. The summed E-state index contributed by atoms with van der Waals surface area (Å²) in [5.41, 5.74) is 0.828. The van der Waals surface area contributed by atoms with Gasteiger partial charge in [0.2, 0.25) is 15.9 Å². The number of primary sulfonamides is 1. The molecular formula is C15H14BrN3O4S. The number of anilines is 1. The summed E-state index contributed by atoms with van der Waals surface area (Å²) in [6.07, 6.45) is 0. The minimum Gasteiger partial charge on any atom is -0.343 e. The Labute approximate surface area is 147 Å². The predicted octanol–water partition coefficient (Wildman–Crippen LogP) is 1.47. The molecule has 0 spiro atoms. The number of hydrogen-bond acceptors (Lipinski definition) is 4. The molecule has 9 heteroatoms. The van der Waals surface area contributed by atoms with E-state index in [1.807, 2.05) is 0 Å². The van der Waals surface area contributed by atoms with Crippen molar-refractivity contribution in [1.82, 2.24) is 5.32 Å². The van der Waals surface area contributed by atoms with Crippen LogP contribution in [0.25, 0.3) is 0 Å². The fourth-order valence-corrected chi connectivity index (χ4v) is 2.58. The molecule has 0 aliphatic rings. The van der Waals surface area contributed by atoms with E-state index in [1.54, 1.807) is 24.3 Å². The summed E-state index contributed by atoms with van der Waals surface area (Å²) >= 11 is 3.27. The Morgan fingerprint density at radius 3 is 2.12 bits per heavy atom. The molecule has 2 amide bonds. The van der Waals surface area contributed by atoms with Crippen LogP contribution in [0.4, 0.5) is 5.69 Å². The minimum atomic E-state index is -3.78. The summed E-state index contributed by atoms with van der Waals surface area (Å²) in [4.78, 5) is 23.6. The molecule has 24 heavy (non-hydrogen) atoms. The summed E-state index contributed by atoms with van der Waals surface area (Å²) in [5.74, 6) is -0.814. The first kappa shape index (κ1) is 18.1. The van der Waals surface area contributed by atoms with Crippen LogP contribution in [0, 0.1) is 0 Å². The van der Waals surface area contributed by atoms with E-state index in [9.17, 15) is 18.0 Å². The maximum atomic E-state index is 11.9. The van der Waals surface area contributed by atoms with E-state index in [0.29, 0.717) is 11.3 Å². The second kappa shape index (κ2) is 7.56. The highest BCUT2D eigenvalue weighted by molar-refractivity contribution is 9.10. The zero-order valence-corrected chi connectivity index (χ0v) is 14.7. The molecule has 0 aliphatic carbocycles. The predicted molar refractivity (Wildman–Crippen MR) is 92.9 cm³/mol. The zero-order chi connectivity index (χ0) is 17.7. The Bertz CT molecular complexity index is 849. The van der Waals surface area contributed by atoms with Gasteiger partial charge >= 0.3 is 0 Å². The highest BCUT2D eigenvalue weighted by Gasteiger charge is 2.10. The molecule has 0 saturated heterocycles. The first-order valence-corrected chi connectivity index (χ1v) is 9.06. The minimum absolute atomic E-state index is 0.0518. The standard InChI is InChI=1S/C15H14BrN3O4S/c16-11-3-1-10(2-4-11)15(21)18-9-14(20)19-12-5-7-13(8-6-12)24(17,22)23/h1-8H,9H2,(H,18,21)(H,19,20)(H2,17,22,23). The number of rotatable bonds is 5. The van der Waals surface area contributed by atoms with Crippen LogP contribution in [0.1, 0.15) is 10.4 Å². The Morgan fingerprint density at radius 1 is 1.00 bits per heavy atom. The van der Waals surface area contributed by atoms with Gasteiger partial charge in [0.15, 0.2) is 0 Å². The maximum Gasteiger partial charge on any atom is 0.251 e. The molecule has 0 radical (unpaired) electrons. The van der Waals surface area contributed by atoms with Gasteiger partial charge in [-0.2, -0.15) is 0 Å². The van der Waals surface area contributed by atoms with Crippen molar-refractivity contribution in [3.05, 3.63) is 58.6 Å². The molecule has 0 bridgehead atoms. The molecule has 7 nitrogen and oxygen atoms in total. The van der Waals surface area contributed by atoms with Crippen molar-refractivity contribution in [3.8, 4) is 0 Å². The van der Waals surface area contributed by atoms with Crippen molar-refractivity contribution >= 4 is 43.5 Å². The third-order valence-electron chi connectivity index (χ3n) is 2.98. The van der Waals surface area contributed by atoms with Gasteiger partial charge in [-0.1, -0.05) is 15.9 Å². The Morgan fingerprint density at radius 2 is 1.58 bits per heavy atom. The number of sulfonamides is 1. The molecule has 0 saturated carbocycles. The van der Waals surface area contributed by atoms with E-state index in [4.69, 9.17) is 5.14 Å². The van der Waals surface area contributed by atoms with E-state index < -0.39 is 15.9 Å². The van der Waals surface area contributed by atoms with E-state index in [1.165, 1.54) is 24.3 Å². The van der Waals surface area contributed by atoms with Crippen LogP contribution in [-0.4, -0.2) is 26.8 Å². The van der Waals surface area contributed by atoms with Crippen molar-refractivity contribution in [1.29, 1.82) is 0 Å². The molecule has 0 heterocycles. The number of hydrogen-bond donors (Lipinski definition) is 3. The van der Waals surface area contributed by atoms with Crippen LogP contribution in [-0.2, 0) is 14.8 Å². The Balaban J connectivity index is 1.89. The van der Waals surface area contributed by atoms with Crippen LogP contribution < -0.4 is 15.8 Å². The monoisotopic (exact) mass is 411 g/mol. The second-order valence-electron chi connectivity index (χ2n) is 4.81. The van der Waals surface area contributed by atoms with Crippen molar-refractivity contribution in [2.45, 2.75) is 4.90 Å². The third kappa shape index (κ3) is 5.15. The highest BCUT2D eigenvalue weighted by atomic mass is 79.9. The number of nitrogens with two attached hydrogens (primary N) is 1. The van der Waals surface area contributed by atoms with Crippen molar-refractivity contribution in [3.63, 3.8) is 0 Å². The van der Waals surface area contributed by atoms with Crippen LogP contribution in [0.2, 0.25) is 0 Å². The van der Waals surface area contributed by atoms with E-state index in [2.05, 4.69) is 26.6 Å². The number of amides is 2. The number of halogens is 1. The molecule has 0 aliphatic heterocycles. The lowest BCUT2D eigenvalue weighted by Gasteiger charge is -2.07. The van der Waals surface area contributed by atoms with Gasteiger partial charge in [-0.05, 0) is 48.5 Å². The summed E-state index contributed by atoms with van der Waals surface area (Å²) in [6.45, 7) is -0.216. The second-order valence-corrected chi connectivity index (χ2v) is 7.28. The molecule has 2 aromatic carbocycles. The Kier molecular flexibility index (Phi) is 5.71. The number of carbonyl (C=O) groups excluding carboxylic acids is 2. The van der Waals surface area contributed by atoms with Crippen LogP contribution in [0.15, 0.2) is 57.9 Å². The van der Waals surface area contributed by atoms with Crippen LogP contribution in [0.5, 0.6) is 0 Å². The average molecular weight is 412 g/mol. The maximum absolute atomic E-state index is 11.9. The van der Waals surface area contributed by atoms with Crippen molar-refractivity contribution in [2.24, 2.45) is 5.14 Å². The van der Waals surface area contributed by atoms with Gasteiger partial charge in [0, 0.05) is 15.7 Å². The molecule has 2 aromatic rings. The van der Waals surface area contributed by atoms with Crippen LogP contribution in [0.3, 0.4) is 0 Å². The number of nitrogens with one attached hydrogen (secondary N) is 2. The number of carbonyl (C=O) groups is 2. The largest absolute Gasteiger partial charge is 0.343 e. The molecule has 0 aromatic heterocycles. The first-order valence-electron chi connectivity index (χ1n) is 6.72. The molecule has 2 rings (SSSR count). The number of benzene rings is 2. The molecular weight excluding hydrogens is 398 g/mol. The normalized spacial score (nSPS) is 10.9. The molecule has 126 valence electrons. The van der Waals surface area contributed by atoms with Gasteiger partial charge in [0.25, 0.3) is 5.91 Å². The first-order chi connectivity index (χ1) is 11.3. The smallest absolute Gasteiger partial charge is 0.251 e. The van der Waals surface area contributed by atoms with Gasteiger partial charge in [-0.25, -0.2) is 13.6 Å². The van der Waals surface area contributed by atoms with E-state index in [-0.39, 0.29) is 17.3 Å². The van der Waals surface area contributed by atoms with Gasteiger partial charge in [0.05, 0.1) is 11.4 Å². The Hall–Kier alpha value is -2.23. The van der Waals surface area contributed by atoms with Gasteiger partial charge in [-0.15, -0.1) is 0 Å². The van der Waals surface area contributed by atoms with Gasteiger partial charge < -0.3 is 10.6 Å². The molecule has 0 atom stereocenters. The third-order valence-corrected chi connectivity index (χ3v) is 4.44. The molecule has 0 unspecified atom stereocenters. The fourth-order valence-electron chi connectivity index (χ4n) is 1.80. The SMILES string of the molecule is NS(=O)(=O)c1ccc(NC(=O)CNC(=O)c2ccc(Br)cc2)cc1. The van der Waals surface area contributed by atoms with Crippen LogP contribution >= 0.6 is 15.9 Å². The topological polar surface area (TPSA) is 118 Å². The quantitative estimate of drug-likeness (QED) is 0.689. The van der Waals surface area contributed by atoms with Gasteiger partial charge in [0.1, 0.15) is 0 Å². The highest BCUT2D eigenvalue weighted by Crippen LogP contribution is 2.13. The molecule has 4 N–H and O–H groups in total. The van der Waals surface area contributed by atoms with E-state index in [0.717, 1.165) is 4.47 Å². The van der Waals surface area contributed by atoms with E-state index >= 15 is 0 Å². The van der Waals surface area contributed by atoms with Crippen molar-refractivity contribution < 1.29 is 18.0 Å². The lowest BCUT2D eigenvalue weighted by atomic mass is 10.2. The summed E-state index contributed by atoms with van der Waals surface area (Å²) in [5, 5.41) is 10.0. The molecule has 0 fully saturated rings. The lowest BCUT2D eigenvalue weighted by molar-refractivity contribution is -0.115. The average Bonchev–Trinajstić information content (AvgIpc) is 2.53. The summed E-state index contributed by atoms with van der Waals surface area (Å²) in [6, 6.07) is 12.1. The summed E-state index contributed by atoms with van der Waals surface area (Å²) in [7, 11) is -3.78. The summed E-state index contributed by atoms with van der Waals surface area (Å²) < 4.78 is 23.1.